The quantitative estimate of drug-likeness (QED) is 0.862. The van der Waals surface area contributed by atoms with E-state index in [0.717, 1.165) is 18.2 Å². The van der Waals surface area contributed by atoms with Gasteiger partial charge in [0, 0.05) is 36.5 Å². The van der Waals surface area contributed by atoms with Crippen LogP contribution < -0.4 is 0 Å². The fourth-order valence-electron chi connectivity index (χ4n) is 3.98. The van der Waals surface area contributed by atoms with E-state index >= 15 is 0 Å². The number of para-hydroxylation sites is 1. The van der Waals surface area contributed by atoms with Crippen LogP contribution in [-0.2, 0) is 4.74 Å². The first-order valence-corrected chi connectivity index (χ1v) is 9.65. The molecular formula is C21H25N3O4. The maximum Gasteiger partial charge on any atom is 0.410 e. The zero-order valence-electron chi connectivity index (χ0n) is 16.2. The number of ether oxygens (including phenoxy) is 1. The van der Waals surface area contributed by atoms with E-state index in [-0.39, 0.29) is 29.2 Å². The van der Waals surface area contributed by atoms with Gasteiger partial charge >= 0.3 is 6.09 Å². The first-order chi connectivity index (χ1) is 13.3. The fraction of sp³-hybridized carbons (Fsp3) is 0.476. The van der Waals surface area contributed by atoms with Gasteiger partial charge < -0.3 is 19.6 Å². The first-order valence-electron chi connectivity index (χ1n) is 9.65. The molecule has 1 N–H and O–H groups in total. The number of fused-ring (bicyclic) bond motifs is 1. The fourth-order valence-corrected chi connectivity index (χ4v) is 3.98. The van der Waals surface area contributed by atoms with Crippen LogP contribution in [0.2, 0.25) is 0 Å². The van der Waals surface area contributed by atoms with E-state index in [1.165, 1.54) is 0 Å². The third-order valence-corrected chi connectivity index (χ3v) is 5.53. The molecule has 0 spiro atoms. The predicted octanol–water partition coefficient (Wildman–Crippen LogP) is 3.02. The number of piperidine rings is 1. The van der Waals surface area contributed by atoms with Crippen LogP contribution in [0, 0.1) is 5.41 Å². The molecule has 2 amide bonds. The summed E-state index contributed by atoms with van der Waals surface area (Å²) >= 11 is 0. The molecule has 28 heavy (non-hydrogen) atoms. The summed E-state index contributed by atoms with van der Waals surface area (Å²) in [7, 11) is 0. The average molecular weight is 383 g/mol. The van der Waals surface area contributed by atoms with E-state index < -0.39 is 0 Å². The van der Waals surface area contributed by atoms with Crippen LogP contribution in [0.3, 0.4) is 0 Å². The number of aromatic nitrogens is 1. The number of phenolic OH excluding ortho intramolecular Hbond substituents is 1. The lowest BCUT2D eigenvalue weighted by molar-refractivity contribution is -0.0153. The number of carbonyl (C=O) groups excluding carboxylic acids is 2. The van der Waals surface area contributed by atoms with Gasteiger partial charge in [0.2, 0.25) is 0 Å². The van der Waals surface area contributed by atoms with Crippen molar-refractivity contribution in [2.75, 3.05) is 26.2 Å². The van der Waals surface area contributed by atoms with Gasteiger partial charge in [-0.1, -0.05) is 32.0 Å². The van der Waals surface area contributed by atoms with Crippen molar-refractivity contribution in [2.24, 2.45) is 5.41 Å². The molecule has 0 atom stereocenters. The molecule has 0 bridgehead atoms. The highest BCUT2D eigenvalue weighted by molar-refractivity contribution is 5.96. The largest absolute Gasteiger partial charge is 0.506 e. The van der Waals surface area contributed by atoms with Gasteiger partial charge in [-0.05, 0) is 25.0 Å². The van der Waals surface area contributed by atoms with Gasteiger partial charge in [0.15, 0.2) is 0 Å². The average Bonchev–Trinajstić information content (AvgIpc) is 2.69. The van der Waals surface area contributed by atoms with E-state index in [1.807, 2.05) is 11.0 Å². The van der Waals surface area contributed by atoms with E-state index in [1.54, 1.807) is 29.2 Å². The number of rotatable bonds is 2. The van der Waals surface area contributed by atoms with E-state index in [0.29, 0.717) is 37.5 Å². The highest BCUT2D eigenvalue weighted by atomic mass is 16.6. The van der Waals surface area contributed by atoms with Crippen molar-refractivity contribution in [3.05, 3.63) is 36.0 Å². The second-order valence-electron chi connectivity index (χ2n) is 8.42. The number of phenols is 1. The summed E-state index contributed by atoms with van der Waals surface area (Å²) in [5.41, 5.74) is 0.699. The Hall–Kier alpha value is -2.83. The van der Waals surface area contributed by atoms with Crippen LogP contribution in [0.1, 0.15) is 37.2 Å². The topological polar surface area (TPSA) is 83.0 Å². The molecule has 1 aromatic carbocycles. The highest BCUT2D eigenvalue weighted by Crippen LogP contribution is 2.29. The van der Waals surface area contributed by atoms with Crippen LogP contribution in [-0.4, -0.2) is 64.2 Å². The summed E-state index contributed by atoms with van der Waals surface area (Å²) in [6.45, 7) is 6.43. The molecule has 148 valence electrons. The van der Waals surface area contributed by atoms with Gasteiger partial charge in [0.05, 0.1) is 6.61 Å². The number of aromatic hydroxyl groups is 1. The zero-order valence-corrected chi connectivity index (χ0v) is 16.2. The Morgan fingerprint density at radius 3 is 2.71 bits per heavy atom. The number of hydrogen-bond acceptors (Lipinski definition) is 5. The van der Waals surface area contributed by atoms with Crippen molar-refractivity contribution in [1.82, 2.24) is 14.8 Å². The Morgan fingerprint density at radius 2 is 1.96 bits per heavy atom. The Labute approximate surface area is 163 Å². The summed E-state index contributed by atoms with van der Waals surface area (Å²) in [5.74, 6) is -0.0813. The number of likely N-dealkylation sites (tertiary alicyclic amines) is 1. The summed E-state index contributed by atoms with van der Waals surface area (Å²) < 4.78 is 5.33. The number of pyridine rings is 1. The van der Waals surface area contributed by atoms with Gasteiger partial charge in [-0.25, -0.2) is 9.78 Å². The van der Waals surface area contributed by atoms with E-state index in [9.17, 15) is 14.7 Å². The van der Waals surface area contributed by atoms with Crippen molar-refractivity contribution in [2.45, 2.75) is 32.7 Å². The molecule has 0 aliphatic carbocycles. The third kappa shape index (κ3) is 3.48. The molecular weight excluding hydrogens is 358 g/mol. The second kappa shape index (κ2) is 6.96. The minimum atomic E-state index is -0.254. The molecule has 4 rings (SSSR count). The lowest BCUT2D eigenvalue weighted by atomic mass is 9.91. The highest BCUT2D eigenvalue weighted by Gasteiger charge is 2.38. The summed E-state index contributed by atoms with van der Waals surface area (Å²) in [6.07, 6.45) is 1.18. The molecule has 7 nitrogen and oxygen atoms in total. The lowest BCUT2D eigenvalue weighted by Crippen LogP contribution is -2.55. The molecule has 0 unspecified atom stereocenters. The predicted molar refractivity (Wildman–Crippen MR) is 104 cm³/mol. The Balaban J connectivity index is 1.44. The van der Waals surface area contributed by atoms with Crippen molar-refractivity contribution < 1.29 is 19.4 Å². The van der Waals surface area contributed by atoms with E-state index in [2.05, 4.69) is 18.8 Å². The maximum absolute atomic E-state index is 12.9. The summed E-state index contributed by atoms with van der Waals surface area (Å²) in [6, 6.07) is 8.74. The minimum Gasteiger partial charge on any atom is -0.506 e. The molecule has 0 saturated carbocycles. The number of cyclic esters (lactones) is 1. The molecule has 7 heteroatoms. The molecule has 1 aromatic heterocycles. The van der Waals surface area contributed by atoms with Crippen molar-refractivity contribution >= 4 is 22.9 Å². The summed E-state index contributed by atoms with van der Waals surface area (Å²) in [5, 5.41) is 10.8. The van der Waals surface area contributed by atoms with Crippen LogP contribution in [0.15, 0.2) is 30.3 Å². The second-order valence-corrected chi connectivity index (χ2v) is 8.42. The van der Waals surface area contributed by atoms with Gasteiger partial charge in [-0.2, -0.15) is 0 Å². The van der Waals surface area contributed by atoms with Crippen molar-refractivity contribution in [3.63, 3.8) is 0 Å². The van der Waals surface area contributed by atoms with Gasteiger partial charge in [-0.3, -0.25) is 4.79 Å². The van der Waals surface area contributed by atoms with Crippen LogP contribution >= 0.6 is 0 Å². The third-order valence-electron chi connectivity index (χ3n) is 5.53. The molecule has 2 aromatic rings. The minimum absolute atomic E-state index is 0.0577. The normalized spacial score (nSPS) is 20.3. The van der Waals surface area contributed by atoms with Crippen LogP contribution in [0.5, 0.6) is 5.75 Å². The SMILES string of the molecule is CC1(C)COC(=O)N(C2CCN(C(=O)c3ccc4cccc(O)c4n3)CC2)C1. The number of benzene rings is 1. The molecule has 0 radical (unpaired) electrons. The van der Waals surface area contributed by atoms with E-state index in [4.69, 9.17) is 4.74 Å². The molecule has 2 aliphatic rings. The Morgan fingerprint density at radius 1 is 1.21 bits per heavy atom. The first kappa shape index (κ1) is 18.5. The standard InChI is InChI=1S/C21H25N3O4/c1-21(2)12-24(20(27)28-13-21)15-8-10-23(11-9-15)19(26)16-7-6-14-4-3-5-17(25)18(14)22-16/h3-7,15,25H,8-13H2,1-2H3. The molecule has 2 saturated heterocycles. The van der Waals surface area contributed by atoms with Gasteiger partial charge in [0.1, 0.15) is 17.0 Å². The van der Waals surface area contributed by atoms with Gasteiger partial charge in [-0.15, -0.1) is 0 Å². The van der Waals surface area contributed by atoms with Crippen molar-refractivity contribution in [3.8, 4) is 5.75 Å². The number of hydrogen-bond donors (Lipinski definition) is 1. The van der Waals surface area contributed by atoms with Gasteiger partial charge in [0.25, 0.3) is 5.91 Å². The number of amides is 2. The molecule has 3 heterocycles. The summed E-state index contributed by atoms with van der Waals surface area (Å²) in [4.78, 5) is 33.0. The maximum atomic E-state index is 12.9. The number of nitrogens with zero attached hydrogens (tertiary/aromatic N) is 3. The van der Waals surface area contributed by atoms with Crippen molar-refractivity contribution in [1.29, 1.82) is 0 Å². The zero-order chi connectivity index (χ0) is 19.9. The smallest absolute Gasteiger partial charge is 0.410 e. The Kier molecular flexibility index (Phi) is 4.61. The molecule has 2 aliphatic heterocycles. The lowest BCUT2D eigenvalue weighted by Gasteiger charge is -2.44. The molecule has 2 fully saturated rings. The number of carbonyl (C=O) groups is 2. The Bertz CT molecular complexity index is 919. The van der Waals surface area contributed by atoms with Crippen LogP contribution in [0.25, 0.3) is 10.9 Å². The monoisotopic (exact) mass is 383 g/mol. The van der Waals surface area contributed by atoms with Crippen LogP contribution in [0.4, 0.5) is 4.79 Å².